The molecule has 2 heterocycles. The highest BCUT2D eigenvalue weighted by Gasteiger charge is 2.18. The zero-order chi connectivity index (χ0) is 16.4. The van der Waals surface area contributed by atoms with Crippen LogP contribution >= 0.6 is 27.3 Å². The molecule has 118 valence electrons. The normalized spacial score (nSPS) is 10.7. The third-order valence-electron chi connectivity index (χ3n) is 3.51. The van der Waals surface area contributed by atoms with Gasteiger partial charge in [-0.15, -0.1) is 11.3 Å². The van der Waals surface area contributed by atoms with Crippen molar-refractivity contribution in [2.75, 3.05) is 6.61 Å². The lowest BCUT2D eigenvalue weighted by molar-refractivity contribution is 0.0921. The van der Waals surface area contributed by atoms with Gasteiger partial charge in [-0.25, -0.2) is 4.98 Å². The first-order valence-electron chi connectivity index (χ1n) is 7.06. The number of ether oxygens (including phenoxy) is 1. The van der Waals surface area contributed by atoms with Crippen molar-refractivity contribution in [2.45, 2.75) is 13.8 Å². The molecule has 0 aliphatic carbocycles. The lowest BCUT2D eigenvalue weighted by atomic mass is 10.1. The van der Waals surface area contributed by atoms with Crippen LogP contribution in [0.3, 0.4) is 0 Å². The van der Waals surface area contributed by atoms with Gasteiger partial charge in [0.15, 0.2) is 11.7 Å². The Morgan fingerprint density at radius 2 is 2.17 bits per heavy atom. The fraction of sp³-hybridized carbons (Fsp3) is 0.176. The molecule has 6 heteroatoms. The number of thiazole rings is 1. The molecule has 4 nitrogen and oxygen atoms in total. The number of nitrogens with zero attached hydrogens (tertiary/aromatic N) is 2. The maximum absolute atomic E-state index is 12.5. The average molecular weight is 391 g/mol. The number of carbonyl (C=O) groups excluding carboxylic acids is 1. The van der Waals surface area contributed by atoms with Gasteiger partial charge >= 0.3 is 0 Å². The van der Waals surface area contributed by atoms with Gasteiger partial charge in [-0.1, -0.05) is 22.0 Å². The van der Waals surface area contributed by atoms with Crippen LogP contribution < -0.4 is 4.74 Å². The van der Waals surface area contributed by atoms with Crippen LogP contribution in [-0.4, -0.2) is 21.9 Å². The SMILES string of the molecule is Cc1cc(C(=O)COc2cccc(Br)c2)c(C)n1-c1nccs1. The number of ketones is 1. The first kappa shape index (κ1) is 16.0. The lowest BCUT2D eigenvalue weighted by Crippen LogP contribution is -2.12. The van der Waals surface area contributed by atoms with Crippen LogP contribution in [0.5, 0.6) is 5.75 Å². The smallest absolute Gasteiger partial charge is 0.202 e. The Kier molecular flexibility index (Phi) is 4.63. The molecule has 0 bridgehead atoms. The number of aromatic nitrogens is 2. The highest BCUT2D eigenvalue weighted by Crippen LogP contribution is 2.23. The molecular formula is C17H15BrN2O2S. The molecule has 0 amide bonds. The van der Waals surface area contributed by atoms with E-state index in [-0.39, 0.29) is 12.4 Å². The predicted molar refractivity (Wildman–Crippen MR) is 94.9 cm³/mol. The van der Waals surface area contributed by atoms with E-state index in [1.165, 1.54) is 0 Å². The first-order chi connectivity index (χ1) is 11.1. The Hall–Kier alpha value is -1.92. The second-order valence-corrected chi connectivity index (χ2v) is 6.89. The average Bonchev–Trinajstić information content (AvgIpc) is 3.13. The minimum atomic E-state index is -0.0409. The summed E-state index contributed by atoms with van der Waals surface area (Å²) in [5.41, 5.74) is 2.55. The van der Waals surface area contributed by atoms with Crippen LogP contribution in [0.1, 0.15) is 21.7 Å². The number of Topliss-reactive ketones (excluding diaryl/α,β-unsaturated/α-hetero) is 1. The van der Waals surface area contributed by atoms with Crippen LogP contribution in [0.25, 0.3) is 5.13 Å². The van der Waals surface area contributed by atoms with Crippen LogP contribution in [0, 0.1) is 13.8 Å². The van der Waals surface area contributed by atoms with E-state index >= 15 is 0 Å². The molecule has 0 unspecified atom stereocenters. The van der Waals surface area contributed by atoms with Crippen LogP contribution in [0.2, 0.25) is 0 Å². The second-order valence-electron chi connectivity index (χ2n) is 5.10. The van der Waals surface area contributed by atoms with Crippen LogP contribution in [0.15, 0.2) is 46.4 Å². The summed E-state index contributed by atoms with van der Waals surface area (Å²) < 4.78 is 8.51. The number of rotatable bonds is 5. The molecular weight excluding hydrogens is 376 g/mol. The van der Waals surface area contributed by atoms with Crippen molar-refractivity contribution in [3.05, 3.63) is 63.3 Å². The van der Waals surface area contributed by atoms with Crippen molar-refractivity contribution in [3.63, 3.8) is 0 Å². The van der Waals surface area contributed by atoms with E-state index in [0.717, 1.165) is 21.0 Å². The minimum absolute atomic E-state index is 0.0125. The Morgan fingerprint density at radius 1 is 1.35 bits per heavy atom. The van der Waals surface area contributed by atoms with E-state index in [9.17, 15) is 4.79 Å². The van der Waals surface area contributed by atoms with Crippen LogP contribution in [0.4, 0.5) is 0 Å². The molecule has 0 saturated carbocycles. The van der Waals surface area contributed by atoms with Gasteiger partial charge in [0.25, 0.3) is 0 Å². The molecule has 23 heavy (non-hydrogen) atoms. The summed E-state index contributed by atoms with van der Waals surface area (Å²) in [5, 5.41) is 2.79. The molecule has 0 saturated heterocycles. The Bertz CT molecular complexity index is 840. The molecule has 1 aromatic carbocycles. The van der Waals surface area contributed by atoms with Gasteiger partial charge in [-0.2, -0.15) is 0 Å². The fourth-order valence-electron chi connectivity index (χ4n) is 2.45. The van der Waals surface area contributed by atoms with E-state index in [2.05, 4.69) is 20.9 Å². The highest BCUT2D eigenvalue weighted by atomic mass is 79.9. The molecule has 0 spiro atoms. The monoisotopic (exact) mass is 390 g/mol. The third-order valence-corrected chi connectivity index (χ3v) is 4.76. The number of aryl methyl sites for hydroxylation is 1. The molecule has 0 fully saturated rings. The lowest BCUT2D eigenvalue weighted by Gasteiger charge is -2.07. The standard InChI is InChI=1S/C17H15BrN2O2S/c1-11-8-15(12(2)20(11)17-19-6-7-23-17)16(21)10-22-14-5-3-4-13(18)9-14/h3-9H,10H2,1-2H3. The van der Waals surface area contributed by atoms with Gasteiger partial charge in [0.1, 0.15) is 5.75 Å². The third kappa shape index (κ3) is 3.38. The van der Waals surface area contributed by atoms with Gasteiger partial charge in [-0.05, 0) is 38.1 Å². The van der Waals surface area contributed by atoms with Crippen molar-refractivity contribution in [1.29, 1.82) is 0 Å². The van der Waals surface area contributed by atoms with Gasteiger partial charge < -0.3 is 4.74 Å². The van der Waals surface area contributed by atoms with Gasteiger partial charge in [0, 0.05) is 33.0 Å². The summed E-state index contributed by atoms with van der Waals surface area (Å²) in [6, 6.07) is 9.35. The fourth-order valence-corrected chi connectivity index (χ4v) is 3.58. The summed E-state index contributed by atoms with van der Waals surface area (Å²) in [6.45, 7) is 3.92. The van der Waals surface area contributed by atoms with E-state index < -0.39 is 0 Å². The Morgan fingerprint density at radius 3 is 2.87 bits per heavy atom. The van der Waals surface area contributed by atoms with Crippen LogP contribution in [-0.2, 0) is 0 Å². The van der Waals surface area contributed by atoms with Crippen molar-refractivity contribution in [2.24, 2.45) is 0 Å². The summed E-state index contributed by atoms with van der Waals surface area (Å²) in [6.07, 6.45) is 1.76. The largest absolute Gasteiger partial charge is 0.485 e. The summed E-state index contributed by atoms with van der Waals surface area (Å²) in [4.78, 5) is 16.8. The van der Waals surface area contributed by atoms with E-state index in [0.29, 0.717) is 11.3 Å². The zero-order valence-corrected chi connectivity index (χ0v) is 15.1. The zero-order valence-electron chi connectivity index (χ0n) is 12.7. The number of halogens is 1. The minimum Gasteiger partial charge on any atom is -0.485 e. The molecule has 0 N–H and O–H groups in total. The van der Waals surface area contributed by atoms with Gasteiger partial charge in [0.05, 0.1) is 0 Å². The molecule has 3 aromatic rings. The topological polar surface area (TPSA) is 44.1 Å². The first-order valence-corrected chi connectivity index (χ1v) is 8.74. The quantitative estimate of drug-likeness (QED) is 0.599. The predicted octanol–water partition coefficient (Wildman–Crippen LogP) is 4.57. The molecule has 0 aliphatic heterocycles. The van der Waals surface area contributed by atoms with Crippen molar-refractivity contribution in [3.8, 4) is 10.9 Å². The molecule has 0 radical (unpaired) electrons. The second kappa shape index (κ2) is 6.68. The van der Waals surface area contributed by atoms with Crippen molar-refractivity contribution in [1.82, 2.24) is 9.55 Å². The van der Waals surface area contributed by atoms with Gasteiger partial charge in [0.2, 0.25) is 5.78 Å². The summed E-state index contributed by atoms with van der Waals surface area (Å²) >= 11 is 4.93. The van der Waals surface area contributed by atoms with E-state index in [4.69, 9.17) is 4.74 Å². The molecule has 0 atom stereocenters. The summed E-state index contributed by atoms with van der Waals surface area (Å²) in [5.74, 6) is 0.627. The number of benzene rings is 1. The van der Waals surface area contributed by atoms with Gasteiger partial charge in [-0.3, -0.25) is 9.36 Å². The van der Waals surface area contributed by atoms with Crippen molar-refractivity contribution >= 4 is 33.0 Å². The van der Waals surface area contributed by atoms with E-state index in [1.807, 2.05) is 54.1 Å². The van der Waals surface area contributed by atoms with E-state index in [1.54, 1.807) is 17.5 Å². The summed E-state index contributed by atoms with van der Waals surface area (Å²) in [7, 11) is 0. The maximum atomic E-state index is 12.5. The maximum Gasteiger partial charge on any atom is 0.202 e. The Labute approximate surface area is 146 Å². The number of carbonyl (C=O) groups is 1. The Balaban J connectivity index is 1.79. The number of hydrogen-bond donors (Lipinski definition) is 0. The van der Waals surface area contributed by atoms with Crippen molar-refractivity contribution < 1.29 is 9.53 Å². The number of hydrogen-bond acceptors (Lipinski definition) is 4. The molecule has 3 rings (SSSR count). The highest BCUT2D eigenvalue weighted by molar-refractivity contribution is 9.10. The molecule has 0 aliphatic rings. The molecule has 2 aromatic heterocycles.